The molecule has 4 rings (SSSR count). The summed E-state index contributed by atoms with van der Waals surface area (Å²) in [5.74, 6) is 0.358. The zero-order valence-corrected chi connectivity index (χ0v) is 16.2. The van der Waals surface area contributed by atoms with Crippen molar-refractivity contribution in [3.05, 3.63) is 53.8 Å². The van der Waals surface area contributed by atoms with Crippen molar-refractivity contribution in [2.75, 3.05) is 31.1 Å². The summed E-state index contributed by atoms with van der Waals surface area (Å²) >= 11 is 0. The summed E-state index contributed by atoms with van der Waals surface area (Å²) in [5.41, 5.74) is 4.82. The predicted molar refractivity (Wildman–Crippen MR) is 103 cm³/mol. The van der Waals surface area contributed by atoms with Crippen molar-refractivity contribution in [3.8, 4) is 11.4 Å². The molecule has 1 fully saturated rings. The topological polar surface area (TPSA) is 114 Å². The van der Waals surface area contributed by atoms with Crippen LogP contribution in [0.1, 0.15) is 21.9 Å². The fourth-order valence-electron chi connectivity index (χ4n) is 3.22. The lowest BCUT2D eigenvalue weighted by Gasteiger charge is -2.34. The van der Waals surface area contributed by atoms with Crippen LogP contribution in [0.25, 0.3) is 11.4 Å². The van der Waals surface area contributed by atoms with E-state index in [1.54, 1.807) is 6.20 Å². The molecule has 0 spiro atoms. The summed E-state index contributed by atoms with van der Waals surface area (Å²) in [6.07, 6.45) is -1.55. The second kappa shape index (κ2) is 8.30. The van der Waals surface area contributed by atoms with Crippen LogP contribution in [-0.4, -0.2) is 57.1 Å². The Morgan fingerprint density at radius 1 is 1.13 bits per heavy atom. The maximum Gasteiger partial charge on any atom is 0.416 e. The normalized spacial score (nSPS) is 15.3. The molecule has 12 heteroatoms. The smallest absolute Gasteiger partial charge is 0.364 e. The van der Waals surface area contributed by atoms with Gasteiger partial charge in [-0.05, 0) is 12.1 Å². The lowest BCUT2D eigenvalue weighted by atomic mass is 10.1. The Morgan fingerprint density at radius 3 is 2.61 bits per heavy atom. The SMILES string of the molecule is NC(=O)c1cncc(N2CCN(Cc3nc(-c4cccc(C(F)(F)F)c4)no3)CC2)n1. The summed E-state index contributed by atoms with van der Waals surface area (Å²) in [7, 11) is 0. The fraction of sp³-hybridized carbons (Fsp3) is 0.316. The minimum atomic E-state index is -4.44. The number of nitrogens with zero attached hydrogens (tertiary/aromatic N) is 6. The van der Waals surface area contributed by atoms with Crippen molar-refractivity contribution in [2.24, 2.45) is 5.73 Å². The van der Waals surface area contributed by atoms with Crippen molar-refractivity contribution in [2.45, 2.75) is 12.7 Å². The zero-order valence-electron chi connectivity index (χ0n) is 16.2. The van der Waals surface area contributed by atoms with Crippen molar-refractivity contribution in [3.63, 3.8) is 0 Å². The van der Waals surface area contributed by atoms with E-state index in [-0.39, 0.29) is 17.1 Å². The molecule has 162 valence electrons. The largest absolute Gasteiger partial charge is 0.416 e. The van der Waals surface area contributed by atoms with Gasteiger partial charge in [-0.15, -0.1) is 0 Å². The van der Waals surface area contributed by atoms with E-state index in [2.05, 4.69) is 25.0 Å². The lowest BCUT2D eigenvalue weighted by molar-refractivity contribution is -0.137. The molecule has 1 saturated heterocycles. The average Bonchev–Trinajstić information content (AvgIpc) is 3.22. The number of alkyl halides is 3. The molecule has 31 heavy (non-hydrogen) atoms. The molecule has 0 unspecified atom stereocenters. The van der Waals surface area contributed by atoms with Crippen molar-refractivity contribution in [1.82, 2.24) is 25.0 Å². The molecule has 9 nitrogen and oxygen atoms in total. The Hall–Kier alpha value is -3.54. The molecule has 0 bridgehead atoms. The van der Waals surface area contributed by atoms with Crippen LogP contribution in [0.2, 0.25) is 0 Å². The van der Waals surface area contributed by atoms with E-state index in [0.717, 1.165) is 12.1 Å². The number of carbonyl (C=O) groups is 1. The Labute approximate surface area is 174 Å². The number of anilines is 1. The molecule has 0 saturated carbocycles. The molecular weight excluding hydrogens is 415 g/mol. The van der Waals surface area contributed by atoms with Crippen LogP contribution in [0.4, 0.5) is 19.0 Å². The summed E-state index contributed by atoms with van der Waals surface area (Å²) in [6.45, 7) is 2.94. The van der Waals surface area contributed by atoms with E-state index in [9.17, 15) is 18.0 Å². The van der Waals surface area contributed by atoms with Crippen LogP contribution in [-0.2, 0) is 12.7 Å². The van der Waals surface area contributed by atoms with E-state index >= 15 is 0 Å². The Morgan fingerprint density at radius 2 is 1.90 bits per heavy atom. The number of halogens is 3. The summed E-state index contributed by atoms with van der Waals surface area (Å²) in [5, 5.41) is 3.81. The molecule has 0 atom stereocenters. The number of hydrogen-bond acceptors (Lipinski definition) is 8. The highest BCUT2D eigenvalue weighted by Crippen LogP contribution is 2.31. The third kappa shape index (κ3) is 4.79. The first-order valence-electron chi connectivity index (χ1n) is 9.39. The Balaban J connectivity index is 1.37. The number of piperazine rings is 1. The highest BCUT2D eigenvalue weighted by Gasteiger charge is 2.31. The van der Waals surface area contributed by atoms with Crippen molar-refractivity contribution in [1.29, 1.82) is 0 Å². The van der Waals surface area contributed by atoms with E-state index in [1.807, 2.05) is 4.90 Å². The van der Waals surface area contributed by atoms with Crippen LogP contribution in [0.15, 0.2) is 41.2 Å². The van der Waals surface area contributed by atoms with Crippen LogP contribution >= 0.6 is 0 Å². The first kappa shape index (κ1) is 20.7. The number of benzene rings is 1. The summed E-state index contributed by atoms with van der Waals surface area (Å²) < 4.78 is 44.0. The highest BCUT2D eigenvalue weighted by atomic mass is 19.4. The molecule has 1 aromatic carbocycles. The Kier molecular flexibility index (Phi) is 5.55. The molecule has 3 heterocycles. The van der Waals surface area contributed by atoms with Gasteiger partial charge in [-0.2, -0.15) is 18.2 Å². The number of hydrogen-bond donors (Lipinski definition) is 1. The minimum absolute atomic E-state index is 0.105. The number of primary amides is 1. The molecular formula is C19H18F3N7O2. The third-order valence-corrected chi connectivity index (χ3v) is 4.85. The van der Waals surface area contributed by atoms with Gasteiger partial charge < -0.3 is 15.2 Å². The van der Waals surface area contributed by atoms with Gasteiger partial charge in [0.1, 0.15) is 11.5 Å². The van der Waals surface area contributed by atoms with Crippen LogP contribution in [0.5, 0.6) is 0 Å². The number of nitrogens with two attached hydrogens (primary N) is 1. The quantitative estimate of drug-likeness (QED) is 0.650. The van der Waals surface area contributed by atoms with Crippen molar-refractivity contribution < 1.29 is 22.5 Å². The fourth-order valence-corrected chi connectivity index (χ4v) is 3.22. The number of rotatable bonds is 5. The van der Waals surface area contributed by atoms with Gasteiger partial charge in [0.15, 0.2) is 0 Å². The molecule has 2 N–H and O–H groups in total. The number of aromatic nitrogens is 4. The van der Waals surface area contributed by atoms with Crippen LogP contribution < -0.4 is 10.6 Å². The molecule has 1 amide bonds. The number of amides is 1. The average molecular weight is 433 g/mol. The monoisotopic (exact) mass is 433 g/mol. The van der Waals surface area contributed by atoms with E-state index in [1.165, 1.54) is 18.3 Å². The summed E-state index contributed by atoms with van der Waals surface area (Å²) in [4.78, 5) is 27.8. The Bertz CT molecular complexity index is 1080. The molecule has 1 aliphatic heterocycles. The third-order valence-electron chi connectivity index (χ3n) is 4.85. The van der Waals surface area contributed by atoms with Gasteiger partial charge in [0, 0.05) is 31.7 Å². The van der Waals surface area contributed by atoms with Crippen molar-refractivity contribution >= 4 is 11.7 Å². The summed E-state index contributed by atoms with van der Waals surface area (Å²) in [6, 6.07) is 4.80. The van der Waals surface area contributed by atoms with E-state index in [4.69, 9.17) is 10.3 Å². The van der Waals surface area contributed by atoms with Gasteiger partial charge in [-0.25, -0.2) is 4.98 Å². The predicted octanol–water partition coefficient (Wildman–Crippen LogP) is 1.97. The van der Waals surface area contributed by atoms with Gasteiger partial charge >= 0.3 is 6.18 Å². The molecule has 1 aliphatic rings. The van der Waals surface area contributed by atoms with Gasteiger partial charge in [-0.1, -0.05) is 17.3 Å². The maximum atomic E-state index is 12.9. The van der Waals surface area contributed by atoms with Gasteiger partial charge in [0.05, 0.1) is 24.5 Å². The first-order valence-corrected chi connectivity index (χ1v) is 9.39. The molecule has 3 aromatic rings. The zero-order chi connectivity index (χ0) is 22.0. The first-order chi connectivity index (χ1) is 14.8. The molecule has 0 radical (unpaired) electrons. The van der Waals surface area contributed by atoms with E-state index < -0.39 is 17.6 Å². The second-order valence-corrected chi connectivity index (χ2v) is 6.98. The van der Waals surface area contributed by atoms with Gasteiger partial charge in [-0.3, -0.25) is 14.7 Å². The molecule has 2 aromatic heterocycles. The van der Waals surface area contributed by atoms with Crippen LogP contribution in [0, 0.1) is 0 Å². The lowest BCUT2D eigenvalue weighted by Crippen LogP contribution is -2.46. The van der Waals surface area contributed by atoms with E-state index in [0.29, 0.717) is 44.4 Å². The molecule has 0 aliphatic carbocycles. The standard InChI is InChI=1S/C19H18F3N7O2/c20-19(21,22)13-3-1-2-12(8-13)18-26-16(31-27-18)11-28-4-6-29(7-5-28)15-10-24-9-14(25-15)17(23)30/h1-3,8-10H,4-7,11H2,(H2,23,30). The van der Waals surface area contributed by atoms with Crippen LogP contribution in [0.3, 0.4) is 0 Å². The highest BCUT2D eigenvalue weighted by molar-refractivity contribution is 5.90. The maximum absolute atomic E-state index is 12.9. The minimum Gasteiger partial charge on any atom is -0.364 e. The second-order valence-electron chi connectivity index (χ2n) is 6.98. The van der Waals surface area contributed by atoms with Gasteiger partial charge in [0.25, 0.3) is 5.91 Å². The van der Waals surface area contributed by atoms with Gasteiger partial charge in [0.2, 0.25) is 11.7 Å². The number of carbonyl (C=O) groups excluding carboxylic acids is 1.